The van der Waals surface area contributed by atoms with Gasteiger partial charge in [-0.25, -0.2) is 18.5 Å². The van der Waals surface area contributed by atoms with E-state index < -0.39 is 29.5 Å². The maximum atomic E-state index is 14.2. The molecule has 1 fully saturated rings. The van der Waals surface area contributed by atoms with Crippen molar-refractivity contribution in [2.75, 3.05) is 7.11 Å². The number of fused-ring (bicyclic) bond motifs is 1. The number of rotatable bonds is 5. The summed E-state index contributed by atoms with van der Waals surface area (Å²) in [6.45, 7) is 2.57. The first-order valence-electron chi connectivity index (χ1n) is 9.98. The highest BCUT2D eigenvalue weighted by atomic mass is 32.1. The van der Waals surface area contributed by atoms with E-state index in [1.165, 1.54) is 11.3 Å². The third-order valence-corrected chi connectivity index (χ3v) is 6.94. The number of methoxy groups -OCH3 is 1. The summed E-state index contributed by atoms with van der Waals surface area (Å²) in [5.41, 5.74) is 6.92. The SMILES string of the molecule is CCC1(OC)C=Nc2c(-c3csc(C(=O)N[C@@H]4[C@@H](N)CCCC4(F)F)c3)cnn2C1. The molecule has 30 heavy (non-hydrogen) atoms. The summed E-state index contributed by atoms with van der Waals surface area (Å²) < 4.78 is 35.8. The molecule has 1 unspecified atom stereocenters. The zero-order valence-corrected chi connectivity index (χ0v) is 17.7. The van der Waals surface area contributed by atoms with Crippen molar-refractivity contribution < 1.29 is 18.3 Å². The lowest BCUT2D eigenvalue weighted by Gasteiger charge is -2.36. The summed E-state index contributed by atoms with van der Waals surface area (Å²) in [4.78, 5) is 17.5. The number of nitrogens with zero attached hydrogens (tertiary/aromatic N) is 3. The Kier molecular flexibility index (Phi) is 5.50. The summed E-state index contributed by atoms with van der Waals surface area (Å²) in [6, 6.07) is -0.430. The number of carbonyl (C=O) groups is 1. The molecule has 2 aromatic rings. The molecule has 3 atom stereocenters. The number of aliphatic imine (C=N–C) groups is 1. The minimum absolute atomic E-state index is 0.261. The highest BCUT2D eigenvalue weighted by Crippen LogP contribution is 2.37. The van der Waals surface area contributed by atoms with E-state index in [0.29, 0.717) is 30.1 Å². The fourth-order valence-corrected chi connectivity index (χ4v) is 4.81. The normalized spacial score (nSPS) is 27.6. The number of nitrogens with one attached hydrogen (secondary N) is 1. The summed E-state index contributed by atoms with van der Waals surface area (Å²) in [5.74, 6) is -2.86. The lowest BCUT2D eigenvalue weighted by Crippen LogP contribution is -2.59. The Morgan fingerprint density at radius 2 is 2.30 bits per heavy atom. The van der Waals surface area contributed by atoms with Gasteiger partial charge in [0.15, 0.2) is 5.82 Å². The topological polar surface area (TPSA) is 94.5 Å². The Balaban J connectivity index is 1.53. The zero-order chi connectivity index (χ0) is 21.5. The Morgan fingerprint density at radius 3 is 3.00 bits per heavy atom. The van der Waals surface area contributed by atoms with Crippen molar-refractivity contribution in [1.29, 1.82) is 0 Å². The molecule has 0 spiro atoms. The lowest BCUT2D eigenvalue weighted by atomic mass is 9.87. The highest BCUT2D eigenvalue weighted by molar-refractivity contribution is 7.12. The van der Waals surface area contributed by atoms with Crippen LogP contribution in [-0.4, -0.2) is 52.6 Å². The van der Waals surface area contributed by atoms with Crippen LogP contribution in [0.2, 0.25) is 0 Å². The van der Waals surface area contributed by atoms with E-state index in [1.54, 1.807) is 35.6 Å². The fraction of sp³-hybridized carbons (Fsp3) is 0.550. The maximum absolute atomic E-state index is 14.2. The largest absolute Gasteiger partial charge is 0.371 e. The number of amides is 1. The minimum Gasteiger partial charge on any atom is -0.371 e. The quantitative estimate of drug-likeness (QED) is 0.750. The van der Waals surface area contributed by atoms with Crippen molar-refractivity contribution in [3.05, 3.63) is 22.5 Å². The molecular formula is C20H25F2N5O2S. The van der Waals surface area contributed by atoms with E-state index in [-0.39, 0.29) is 6.42 Å². The average Bonchev–Trinajstić information content (AvgIpc) is 3.36. The second kappa shape index (κ2) is 7.82. The number of ether oxygens (including phenoxy) is 1. The Labute approximate surface area is 177 Å². The number of halogens is 2. The predicted molar refractivity (Wildman–Crippen MR) is 112 cm³/mol. The zero-order valence-electron chi connectivity index (χ0n) is 16.9. The first-order chi connectivity index (χ1) is 14.3. The Bertz CT molecular complexity index is 966. The van der Waals surface area contributed by atoms with Gasteiger partial charge in [-0.1, -0.05) is 6.92 Å². The monoisotopic (exact) mass is 437 g/mol. The molecule has 10 heteroatoms. The number of aromatic nitrogens is 2. The molecular weight excluding hydrogens is 412 g/mol. The van der Waals surface area contributed by atoms with Crippen molar-refractivity contribution in [3.63, 3.8) is 0 Å². The second-order valence-corrected chi connectivity index (χ2v) is 8.80. The second-order valence-electron chi connectivity index (χ2n) is 7.89. The van der Waals surface area contributed by atoms with Crippen LogP contribution in [0.15, 0.2) is 22.6 Å². The molecule has 0 saturated heterocycles. The van der Waals surface area contributed by atoms with E-state index >= 15 is 0 Å². The number of alkyl halides is 2. The van der Waals surface area contributed by atoms with Crippen molar-refractivity contribution >= 4 is 29.3 Å². The van der Waals surface area contributed by atoms with E-state index in [9.17, 15) is 13.6 Å². The molecule has 3 heterocycles. The molecule has 0 aromatic carbocycles. The third-order valence-electron chi connectivity index (χ3n) is 6.01. The predicted octanol–water partition coefficient (Wildman–Crippen LogP) is 3.37. The minimum atomic E-state index is -3.00. The van der Waals surface area contributed by atoms with Gasteiger partial charge in [0.05, 0.1) is 17.6 Å². The number of hydrogen-bond donors (Lipinski definition) is 2. The molecule has 4 rings (SSSR count). The summed E-state index contributed by atoms with van der Waals surface area (Å²) >= 11 is 1.19. The maximum Gasteiger partial charge on any atom is 0.269 e. The number of hydrogen-bond acceptors (Lipinski definition) is 6. The lowest BCUT2D eigenvalue weighted by molar-refractivity contribution is -0.0674. The van der Waals surface area contributed by atoms with Crippen LogP contribution in [0, 0.1) is 0 Å². The summed E-state index contributed by atoms with van der Waals surface area (Å²) in [6.07, 6.45) is 4.82. The van der Waals surface area contributed by atoms with Crippen LogP contribution in [0.1, 0.15) is 42.3 Å². The molecule has 2 aromatic heterocycles. The van der Waals surface area contributed by atoms with E-state index in [2.05, 4.69) is 15.4 Å². The van der Waals surface area contributed by atoms with Crippen LogP contribution in [0.4, 0.5) is 14.6 Å². The van der Waals surface area contributed by atoms with Gasteiger partial charge < -0.3 is 15.8 Å². The smallest absolute Gasteiger partial charge is 0.269 e. The van der Waals surface area contributed by atoms with Crippen LogP contribution in [-0.2, 0) is 11.3 Å². The molecule has 3 N–H and O–H groups in total. The number of carbonyl (C=O) groups excluding carboxylic acids is 1. The van der Waals surface area contributed by atoms with Gasteiger partial charge in [-0.15, -0.1) is 11.3 Å². The van der Waals surface area contributed by atoms with Gasteiger partial charge in [0, 0.05) is 31.4 Å². The van der Waals surface area contributed by atoms with Crippen LogP contribution in [0.5, 0.6) is 0 Å². The Hall–Kier alpha value is -2.17. The van der Waals surface area contributed by atoms with Crippen molar-refractivity contribution in [1.82, 2.24) is 15.1 Å². The third kappa shape index (κ3) is 3.67. The molecule has 1 saturated carbocycles. The van der Waals surface area contributed by atoms with Crippen LogP contribution in [0.25, 0.3) is 11.1 Å². The first-order valence-corrected chi connectivity index (χ1v) is 10.9. The van der Waals surface area contributed by atoms with Crippen LogP contribution < -0.4 is 11.1 Å². The standard InChI is InChI=1S/C20H25F2N5O2S/c1-3-19(29-2)10-24-17-13(8-25-27(17)11-19)12-7-15(30-9-12)18(28)26-16-14(23)5-4-6-20(16,21)22/h7-10,14,16H,3-6,11,23H2,1-2H3,(H,26,28)/t14-,16+,19?/m0/s1. The molecule has 1 aliphatic carbocycles. The van der Waals surface area contributed by atoms with E-state index in [0.717, 1.165) is 17.5 Å². The summed E-state index contributed by atoms with van der Waals surface area (Å²) in [7, 11) is 1.65. The van der Waals surface area contributed by atoms with Gasteiger partial charge in [-0.05, 0) is 36.3 Å². The summed E-state index contributed by atoms with van der Waals surface area (Å²) in [5, 5.41) is 8.67. The van der Waals surface area contributed by atoms with Gasteiger partial charge in [0.1, 0.15) is 11.6 Å². The van der Waals surface area contributed by atoms with Gasteiger partial charge >= 0.3 is 0 Å². The highest BCUT2D eigenvalue weighted by Gasteiger charge is 2.46. The van der Waals surface area contributed by atoms with Crippen LogP contribution >= 0.6 is 11.3 Å². The number of thiophene rings is 1. The van der Waals surface area contributed by atoms with E-state index in [1.807, 2.05) is 6.92 Å². The molecule has 162 valence electrons. The van der Waals surface area contributed by atoms with Crippen molar-refractivity contribution in [2.24, 2.45) is 10.7 Å². The van der Waals surface area contributed by atoms with Gasteiger partial charge in [-0.3, -0.25) is 4.79 Å². The molecule has 0 radical (unpaired) electrons. The molecule has 2 aliphatic rings. The first kappa shape index (κ1) is 21.1. The van der Waals surface area contributed by atoms with Crippen molar-refractivity contribution in [3.8, 4) is 11.1 Å². The molecule has 1 aliphatic heterocycles. The van der Waals surface area contributed by atoms with Crippen LogP contribution in [0.3, 0.4) is 0 Å². The van der Waals surface area contributed by atoms with Crippen molar-refractivity contribution in [2.45, 2.75) is 62.8 Å². The number of nitrogens with two attached hydrogens (primary N) is 1. The molecule has 7 nitrogen and oxygen atoms in total. The van der Waals surface area contributed by atoms with E-state index in [4.69, 9.17) is 10.5 Å². The fourth-order valence-electron chi connectivity index (χ4n) is 4.00. The van der Waals surface area contributed by atoms with Gasteiger partial charge in [0.25, 0.3) is 11.8 Å². The van der Waals surface area contributed by atoms with Gasteiger partial charge in [-0.2, -0.15) is 5.10 Å². The molecule has 0 bridgehead atoms. The average molecular weight is 438 g/mol. The Morgan fingerprint density at radius 1 is 1.50 bits per heavy atom. The van der Waals surface area contributed by atoms with Gasteiger partial charge in [0.2, 0.25) is 0 Å². The molecule has 1 amide bonds.